The summed E-state index contributed by atoms with van der Waals surface area (Å²) in [4.78, 5) is 0. The maximum atomic E-state index is 5.44. The van der Waals surface area contributed by atoms with Gasteiger partial charge in [-0.25, -0.2) is 0 Å². The molecule has 0 rings (SSSR count). The van der Waals surface area contributed by atoms with Gasteiger partial charge in [0.2, 0.25) is 0 Å². The van der Waals surface area contributed by atoms with Crippen LogP contribution in [0.15, 0.2) is 0 Å². The van der Waals surface area contributed by atoms with E-state index in [9.17, 15) is 0 Å². The van der Waals surface area contributed by atoms with Crippen molar-refractivity contribution in [3.63, 3.8) is 0 Å². The largest absolute Gasteiger partial charge is 0.330 e. The third-order valence-corrected chi connectivity index (χ3v) is 4.31. The minimum Gasteiger partial charge on any atom is -0.330 e. The minimum absolute atomic E-state index is 0.769. The number of hydrogen-bond acceptors (Lipinski definition) is 4. The monoisotopic (exact) mass is 208 g/mol. The van der Waals surface area contributed by atoms with Gasteiger partial charge in [0.15, 0.2) is 0 Å². The lowest BCUT2D eigenvalue weighted by Gasteiger charge is -2.12. The van der Waals surface area contributed by atoms with Gasteiger partial charge in [-0.15, -0.1) is 0 Å². The highest BCUT2D eigenvalue weighted by Gasteiger charge is 2.05. The van der Waals surface area contributed by atoms with Crippen LogP contribution in [0.5, 0.6) is 0 Å². The molecule has 0 amide bonds. The lowest BCUT2D eigenvalue weighted by molar-refractivity contribution is 0.913. The zero-order chi connectivity index (χ0) is 9.23. The highest BCUT2D eigenvalue weighted by atomic mass is 32.2. The van der Waals surface area contributed by atoms with Crippen LogP contribution in [0, 0.1) is 0 Å². The van der Waals surface area contributed by atoms with Crippen molar-refractivity contribution in [1.82, 2.24) is 0 Å². The fourth-order valence-electron chi connectivity index (χ4n) is 0.817. The summed E-state index contributed by atoms with van der Waals surface area (Å²) < 4.78 is 0. The van der Waals surface area contributed by atoms with E-state index in [1.165, 1.54) is 12.2 Å². The standard InChI is InChI=1S/C8H20N2S2/c1-2-8(12-6-4-10)7-11-5-3-9/h8H,2-7,9-10H2,1H3. The van der Waals surface area contributed by atoms with Crippen molar-refractivity contribution >= 4 is 23.5 Å². The Morgan fingerprint density at radius 3 is 2.33 bits per heavy atom. The summed E-state index contributed by atoms with van der Waals surface area (Å²) in [7, 11) is 0. The summed E-state index contributed by atoms with van der Waals surface area (Å²) in [6.45, 7) is 3.82. The molecule has 0 bridgehead atoms. The first-order chi connectivity index (χ1) is 5.85. The average Bonchev–Trinajstić information content (AvgIpc) is 2.11. The van der Waals surface area contributed by atoms with Crippen molar-refractivity contribution in [2.24, 2.45) is 11.5 Å². The van der Waals surface area contributed by atoms with Gasteiger partial charge >= 0.3 is 0 Å². The minimum atomic E-state index is 0.769. The molecule has 0 saturated carbocycles. The van der Waals surface area contributed by atoms with Crippen molar-refractivity contribution in [3.05, 3.63) is 0 Å². The van der Waals surface area contributed by atoms with Crippen molar-refractivity contribution in [3.8, 4) is 0 Å². The van der Waals surface area contributed by atoms with Crippen molar-refractivity contribution in [2.75, 3.05) is 30.3 Å². The number of hydrogen-bond donors (Lipinski definition) is 2. The molecule has 1 unspecified atom stereocenters. The van der Waals surface area contributed by atoms with Gasteiger partial charge in [-0.3, -0.25) is 0 Å². The topological polar surface area (TPSA) is 52.0 Å². The molecule has 0 aliphatic rings. The van der Waals surface area contributed by atoms with Crippen LogP contribution in [-0.4, -0.2) is 35.6 Å². The molecule has 1 atom stereocenters. The van der Waals surface area contributed by atoms with Gasteiger partial charge in [-0.1, -0.05) is 6.92 Å². The molecule has 0 radical (unpaired) electrons. The van der Waals surface area contributed by atoms with Crippen molar-refractivity contribution in [2.45, 2.75) is 18.6 Å². The molecule has 4 heteroatoms. The first kappa shape index (κ1) is 12.6. The second-order valence-electron chi connectivity index (χ2n) is 2.55. The summed E-state index contributed by atoms with van der Waals surface area (Å²) in [5.41, 5.74) is 10.8. The predicted octanol–water partition coefficient (Wildman–Crippen LogP) is 1.15. The van der Waals surface area contributed by atoms with Gasteiger partial charge in [0.05, 0.1) is 0 Å². The van der Waals surface area contributed by atoms with E-state index in [1.54, 1.807) is 0 Å². The first-order valence-corrected chi connectivity index (χ1v) is 6.65. The normalized spacial score (nSPS) is 13.2. The summed E-state index contributed by atoms with van der Waals surface area (Å²) >= 11 is 3.94. The molecule has 0 aliphatic carbocycles. The van der Waals surface area contributed by atoms with Crippen molar-refractivity contribution in [1.29, 1.82) is 0 Å². The molecule has 4 N–H and O–H groups in total. The second kappa shape index (κ2) is 9.71. The van der Waals surface area contributed by atoms with E-state index in [0.29, 0.717) is 0 Å². The fourth-order valence-corrected chi connectivity index (χ4v) is 3.03. The summed E-state index contributed by atoms with van der Waals surface area (Å²) in [5, 5.41) is 0.769. The Kier molecular flexibility index (Phi) is 10.2. The van der Waals surface area contributed by atoms with E-state index in [2.05, 4.69) is 6.92 Å². The Labute approximate surface area is 84.2 Å². The first-order valence-electron chi connectivity index (χ1n) is 4.44. The molecule has 0 aromatic rings. The van der Waals surface area contributed by atoms with Crippen LogP contribution < -0.4 is 11.5 Å². The quantitative estimate of drug-likeness (QED) is 0.588. The molecule has 0 aromatic heterocycles. The van der Waals surface area contributed by atoms with Gasteiger partial charge in [0.1, 0.15) is 0 Å². The van der Waals surface area contributed by atoms with E-state index in [4.69, 9.17) is 11.5 Å². The summed E-state index contributed by atoms with van der Waals surface area (Å²) in [5.74, 6) is 3.39. The van der Waals surface area contributed by atoms with Crippen LogP contribution in [0.1, 0.15) is 13.3 Å². The molecule has 12 heavy (non-hydrogen) atoms. The Morgan fingerprint density at radius 2 is 1.83 bits per heavy atom. The van der Waals surface area contributed by atoms with Gasteiger partial charge in [-0.05, 0) is 6.42 Å². The Morgan fingerprint density at radius 1 is 1.17 bits per heavy atom. The fraction of sp³-hybridized carbons (Fsp3) is 1.00. The number of nitrogens with two attached hydrogens (primary N) is 2. The average molecular weight is 208 g/mol. The van der Waals surface area contributed by atoms with E-state index in [1.807, 2.05) is 23.5 Å². The van der Waals surface area contributed by atoms with Crippen LogP contribution >= 0.6 is 23.5 Å². The SMILES string of the molecule is CCC(CSCCN)SCCN. The molecular weight excluding hydrogens is 188 g/mol. The molecular formula is C8H20N2S2. The molecule has 2 nitrogen and oxygen atoms in total. The van der Waals surface area contributed by atoms with Crippen LogP contribution in [0.2, 0.25) is 0 Å². The zero-order valence-corrected chi connectivity index (χ0v) is 9.42. The number of rotatable bonds is 8. The predicted molar refractivity (Wildman–Crippen MR) is 62.0 cm³/mol. The third-order valence-electron chi connectivity index (χ3n) is 1.49. The Hall–Kier alpha value is 0.620. The second-order valence-corrected chi connectivity index (χ2v) is 5.11. The molecule has 0 spiro atoms. The lowest BCUT2D eigenvalue weighted by Crippen LogP contribution is -2.11. The third kappa shape index (κ3) is 7.28. The van der Waals surface area contributed by atoms with E-state index < -0.39 is 0 Å². The molecule has 0 heterocycles. The number of thioether (sulfide) groups is 2. The van der Waals surface area contributed by atoms with Gasteiger partial charge in [-0.2, -0.15) is 23.5 Å². The van der Waals surface area contributed by atoms with E-state index in [-0.39, 0.29) is 0 Å². The summed E-state index contributed by atoms with van der Waals surface area (Å²) in [6.07, 6.45) is 1.24. The van der Waals surface area contributed by atoms with Gasteiger partial charge in [0.25, 0.3) is 0 Å². The summed E-state index contributed by atoms with van der Waals surface area (Å²) in [6, 6.07) is 0. The Balaban J connectivity index is 3.26. The maximum Gasteiger partial charge on any atom is 0.0136 e. The molecule has 0 fully saturated rings. The van der Waals surface area contributed by atoms with Crippen LogP contribution in [0.25, 0.3) is 0 Å². The zero-order valence-electron chi connectivity index (χ0n) is 7.79. The highest BCUT2D eigenvalue weighted by molar-refractivity contribution is 8.03. The Bertz CT molecular complexity index is 91.1. The molecule has 74 valence electrons. The molecule has 0 aromatic carbocycles. The van der Waals surface area contributed by atoms with Crippen LogP contribution in [0.3, 0.4) is 0 Å². The smallest absolute Gasteiger partial charge is 0.0136 e. The molecule has 0 aliphatic heterocycles. The lowest BCUT2D eigenvalue weighted by atomic mass is 10.4. The van der Waals surface area contributed by atoms with Crippen molar-refractivity contribution < 1.29 is 0 Å². The van der Waals surface area contributed by atoms with Gasteiger partial charge in [0, 0.05) is 35.6 Å². The maximum absolute atomic E-state index is 5.44. The van der Waals surface area contributed by atoms with E-state index >= 15 is 0 Å². The van der Waals surface area contributed by atoms with Crippen LogP contribution in [0.4, 0.5) is 0 Å². The van der Waals surface area contributed by atoms with E-state index in [0.717, 1.165) is 29.8 Å². The van der Waals surface area contributed by atoms with Gasteiger partial charge < -0.3 is 11.5 Å². The highest BCUT2D eigenvalue weighted by Crippen LogP contribution is 2.18. The van der Waals surface area contributed by atoms with Crippen LogP contribution in [-0.2, 0) is 0 Å². The molecule has 0 saturated heterocycles.